The third-order valence-electron chi connectivity index (χ3n) is 5.15. The third kappa shape index (κ3) is 4.65. The standard InChI is InChI=1S/C21H29N3O4/c1-4-28-21(26)20-19(16-12-15(27-3)7-8-17(16)22-20)23-18(25)9-11-24-10-5-6-14(2)13-24/h7-8,12,14,22H,4-6,9-11,13H2,1-3H3,(H,23,25)/t14-/m0/s1. The molecule has 7 nitrogen and oxygen atoms in total. The van der Waals surface area contributed by atoms with E-state index in [0.29, 0.717) is 23.8 Å². The van der Waals surface area contributed by atoms with Crippen LogP contribution < -0.4 is 10.1 Å². The maximum atomic E-state index is 12.6. The van der Waals surface area contributed by atoms with Gasteiger partial charge in [0.25, 0.3) is 0 Å². The second kappa shape index (κ2) is 9.10. The maximum Gasteiger partial charge on any atom is 0.356 e. The number of aromatic amines is 1. The Bertz CT molecular complexity index is 846. The van der Waals surface area contributed by atoms with Crippen LogP contribution in [0.1, 0.15) is 43.6 Å². The zero-order valence-corrected chi connectivity index (χ0v) is 16.8. The molecule has 7 heteroatoms. The minimum absolute atomic E-state index is 0.118. The first-order chi connectivity index (χ1) is 13.5. The lowest BCUT2D eigenvalue weighted by atomic mass is 10.0. The molecule has 1 fully saturated rings. The number of hydrogen-bond acceptors (Lipinski definition) is 5. The average Bonchev–Trinajstić information content (AvgIpc) is 3.04. The van der Waals surface area contributed by atoms with Gasteiger partial charge in [0.2, 0.25) is 5.91 Å². The summed E-state index contributed by atoms with van der Waals surface area (Å²) in [5.41, 5.74) is 1.44. The Morgan fingerprint density at radius 2 is 2.18 bits per heavy atom. The Kier molecular flexibility index (Phi) is 6.57. The first-order valence-electron chi connectivity index (χ1n) is 9.90. The largest absolute Gasteiger partial charge is 0.497 e. The Morgan fingerprint density at radius 1 is 1.36 bits per heavy atom. The van der Waals surface area contributed by atoms with Gasteiger partial charge in [-0.25, -0.2) is 4.79 Å². The summed E-state index contributed by atoms with van der Waals surface area (Å²) in [5.74, 6) is 0.721. The second-order valence-electron chi connectivity index (χ2n) is 7.35. The molecule has 0 saturated carbocycles. The van der Waals surface area contributed by atoms with Crippen molar-refractivity contribution in [1.82, 2.24) is 9.88 Å². The van der Waals surface area contributed by atoms with Gasteiger partial charge < -0.3 is 24.7 Å². The molecule has 2 N–H and O–H groups in total. The Morgan fingerprint density at radius 3 is 2.89 bits per heavy atom. The van der Waals surface area contributed by atoms with E-state index in [1.165, 1.54) is 12.8 Å². The van der Waals surface area contributed by atoms with Crippen molar-refractivity contribution in [3.63, 3.8) is 0 Å². The SMILES string of the molecule is CCOC(=O)c1[nH]c2ccc(OC)cc2c1NC(=O)CCN1CCC[C@H](C)C1. The molecule has 1 aliphatic heterocycles. The molecule has 1 aromatic carbocycles. The number of hydrogen-bond donors (Lipinski definition) is 2. The van der Waals surface area contributed by atoms with Gasteiger partial charge in [0.15, 0.2) is 0 Å². The number of benzene rings is 1. The lowest BCUT2D eigenvalue weighted by Crippen LogP contribution is -2.36. The minimum atomic E-state index is -0.488. The van der Waals surface area contributed by atoms with Crippen molar-refractivity contribution in [1.29, 1.82) is 0 Å². The van der Waals surface area contributed by atoms with E-state index in [-0.39, 0.29) is 18.2 Å². The zero-order valence-electron chi connectivity index (χ0n) is 16.8. The summed E-state index contributed by atoms with van der Waals surface area (Å²) in [5, 5.41) is 3.65. The number of nitrogens with zero attached hydrogens (tertiary/aromatic N) is 1. The van der Waals surface area contributed by atoms with Gasteiger partial charge in [-0.3, -0.25) is 4.79 Å². The van der Waals surface area contributed by atoms with Gasteiger partial charge in [0, 0.05) is 30.4 Å². The fourth-order valence-corrected chi connectivity index (χ4v) is 3.74. The van der Waals surface area contributed by atoms with Crippen LogP contribution in [0.25, 0.3) is 10.9 Å². The minimum Gasteiger partial charge on any atom is -0.497 e. The smallest absolute Gasteiger partial charge is 0.356 e. The summed E-state index contributed by atoms with van der Waals surface area (Å²) in [7, 11) is 1.58. The summed E-state index contributed by atoms with van der Waals surface area (Å²) in [6.45, 7) is 7.05. The van der Waals surface area contributed by atoms with Crippen molar-refractivity contribution in [3.05, 3.63) is 23.9 Å². The van der Waals surface area contributed by atoms with E-state index in [0.717, 1.165) is 30.5 Å². The number of methoxy groups -OCH3 is 1. The number of fused-ring (bicyclic) bond motifs is 1. The molecule has 1 aromatic heterocycles. The number of likely N-dealkylation sites (tertiary alicyclic amines) is 1. The summed E-state index contributed by atoms with van der Waals surface area (Å²) in [6.07, 6.45) is 2.81. The molecule has 28 heavy (non-hydrogen) atoms. The molecular formula is C21H29N3O4. The summed E-state index contributed by atoms with van der Waals surface area (Å²) in [4.78, 5) is 30.4. The highest BCUT2D eigenvalue weighted by atomic mass is 16.5. The number of H-pyrrole nitrogens is 1. The van der Waals surface area contributed by atoms with Gasteiger partial charge in [0.1, 0.15) is 11.4 Å². The Labute approximate surface area is 165 Å². The second-order valence-corrected chi connectivity index (χ2v) is 7.35. The van der Waals surface area contributed by atoms with Crippen molar-refractivity contribution in [2.75, 3.05) is 38.7 Å². The first kappa shape index (κ1) is 20.2. The fraction of sp³-hybridized carbons (Fsp3) is 0.524. The predicted molar refractivity (Wildman–Crippen MR) is 109 cm³/mol. The number of carbonyl (C=O) groups is 2. The van der Waals surface area contributed by atoms with Crippen LogP contribution in [-0.4, -0.2) is 55.1 Å². The van der Waals surface area contributed by atoms with Crippen LogP contribution in [0, 0.1) is 5.92 Å². The highest BCUT2D eigenvalue weighted by Crippen LogP contribution is 2.31. The van der Waals surface area contributed by atoms with E-state index in [4.69, 9.17) is 9.47 Å². The van der Waals surface area contributed by atoms with Crippen molar-refractivity contribution in [2.45, 2.75) is 33.1 Å². The quantitative estimate of drug-likeness (QED) is 0.712. The monoisotopic (exact) mass is 387 g/mol. The molecule has 0 spiro atoms. The van der Waals surface area contributed by atoms with E-state index in [1.54, 1.807) is 26.2 Å². The normalized spacial score (nSPS) is 17.5. The number of esters is 1. The number of aromatic nitrogens is 1. The van der Waals surface area contributed by atoms with E-state index >= 15 is 0 Å². The molecule has 2 heterocycles. The van der Waals surface area contributed by atoms with Crippen LogP contribution in [0.2, 0.25) is 0 Å². The van der Waals surface area contributed by atoms with E-state index in [2.05, 4.69) is 22.1 Å². The van der Waals surface area contributed by atoms with Crippen LogP contribution in [-0.2, 0) is 9.53 Å². The number of ether oxygens (including phenoxy) is 2. The Balaban J connectivity index is 1.78. The van der Waals surface area contributed by atoms with Crippen LogP contribution in [0.3, 0.4) is 0 Å². The van der Waals surface area contributed by atoms with Gasteiger partial charge in [-0.15, -0.1) is 0 Å². The van der Waals surface area contributed by atoms with Crippen LogP contribution in [0.4, 0.5) is 5.69 Å². The Hall–Kier alpha value is -2.54. The molecule has 0 unspecified atom stereocenters. The van der Waals surface area contributed by atoms with Gasteiger partial charge >= 0.3 is 5.97 Å². The zero-order chi connectivity index (χ0) is 20.1. The molecule has 0 aliphatic carbocycles. The molecule has 3 rings (SSSR count). The van der Waals surface area contributed by atoms with Crippen molar-refractivity contribution >= 4 is 28.5 Å². The van der Waals surface area contributed by atoms with Gasteiger partial charge in [-0.2, -0.15) is 0 Å². The number of nitrogens with one attached hydrogen (secondary N) is 2. The topological polar surface area (TPSA) is 83.7 Å². The summed E-state index contributed by atoms with van der Waals surface area (Å²) >= 11 is 0. The molecule has 1 aliphatic rings. The highest BCUT2D eigenvalue weighted by Gasteiger charge is 2.22. The number of carbonyl (C=O) groups excluding carboxylic acids is 2. The van der Waals surface area contributed by atoms with E-state index < -0.39 is 5.97 Å². The molecule has 1 atom stereocenters. The third-order valence-corrected chi connectivity index (χ3v) is 5.15. The molecule has 0 bridgehead atoms. The van der Waals surface area contributed by atoms with Crippen molar-refractivity contribution in [3.8, 4) is 5.75 Å². The fourth-order valence-electron chi connectivity index (χ4n) is 3.74. The molecule has 0 radical (unpaired) electrons. The number of piperidine rings is 1. The van der Waals surface area contributed by atoms with Crippen molar-refractivity contribution in [2.24, 2.45) is 5.92 Å². The molecule has 152 valence electrons. The molecular weight excluding hydrogens is 358 g/mol. The van der Waals surface area contributed by atoms with Gasteiger partial charge in [0.05, 0.1) is 19.4 Å². The molecule has 1 saturated heterocycles. The van der Waals surface area contributed by atoms with Crippen LogP contribution in [0.15, 0.2) is 18.2 Å². The van der Waals surface area contributed by atoms with E-state index in [9.17, 15) is 9.59 Å². The average molecular weight is 387 g/mol. The van der Waals surface area contributed by atoms with Crippen LogP contribution in [0.5, 0.6) is 5.75 Å². The number of amides is 1. The summed E-state index contributed by atoms with van der Waals surface area (Å²) in [6, 6.07) is 5.43. The van der Waals surface area contributed by atoms with Gasteiger partial charge in [-0.1, -0.05) is 6.92 Å². The summed E-state index contributed by atoms with van der Waals surface area (Å²) < 4.78 is 10.4. The molecule has 2 aromatic rings. The lowest BCUT2D eigenvalue weighted by molar-refractivity contribution is -0.116. The number of rotatable bonds is 7. The molecule has 1 amide bonds. The van der Waals surface area contributed by atoms with Crippen LogP contribution >= 0.6 is 0 Å². The van der Waals surface area contributed by atoms with Gasteiger partial charge in [-0.05, 0) is 50.4 Å². The number of anilines is 1. The van der Waals surface area contributed by atoms with E-state index in [1.807, 2.05) is 6.07 Å². The lowest BCUT2D eigenvalue weighted by Gasteiger charge is -2.30. The highest BCUT2D eigenvalue weighted by molar-refractivity contribution is 6.11. The maximum absolute atomic E-state index is 12.6. The first-order valence-corrected chi connectivity index (χ1v) is 9.90. The van der Waals surface area contributed by atoms with Crippen molar-refractivity contribution < 1.29 is 19.1 Å². The predicted octanol–water partition coefficient (Wildman–Crippen LogP) is 3.41.